The van der Waals surface area contributed by atoms with Gasteiger partial charge in [0, 0.05) is 18.1 Å². The molecule has 2 aromatic rings. The van der Waals surface area contributed by atoms with Crippen molar-refractivity contribution in [1.82, 2.24) is 9.88 Å². The molecule has 1 aromatic heterocycles. The SMILES string of the molecule is COC(=O)C1=C(C)N(Cc2cccnc2)C(=O)/C1=C\c1ccc(O)c(OC)c1. The molecule has 28 heavy (non-hydrogen) atoms. The van der Waals surface area contributed by atoms with E-state index >= 15 is 0 Å². The van der Waals surface area contributed by atoms with Gasteiger partial charge in [-0.3, -0.25) is 9.78 Å². The summed E-state index contributed by atoms with van der Waals surface area (Å²) in [7, 11) is 2.71. The van der Waals surface area contributed by atoms with E-state index in [9.17, 15) is 14.7 Å². The first-order valence-electron chi connectivity index (χ1n) is 8.55. The summed E-state index contributed by atoms with van der Waals surface area (Å²) in [4.78, 5) is 31.0. The third-order valence-electron chi connectivity index (χ3n) is 4.48. The van der Waals surface area contributed by atoms with Gasteiger partial charge in [-0.05, 0) is 42.3 Å². The van der Waals surface area contributed by atoms with E-state index in [0.29, 0.717) is 11.3 Å². The highest BCUT2D eigenvalue weighted by Crippen LogP contribution is 2.34. The van der Waals surface area contributed by atoms with Gasteiger partial charge in [0.1, 0.15) is 0 Å². The number of allylic oxidation sites excluding steroid dienone is 1. The normalized spacial score (nSPS) is 15.3. The van der Waals surface area contributed by atoms with Crippen molar-refractivity contribution in [3.8, 4) is 11.5 Å². The Hall–Kier alpha value is -3.61. The summed E-state index contributed by atoms with van der Waals surface area (Å²) in [6, 6.07) is 8.33. The van der Waals surface area contributed by atoms with Crippen LogP contribution in [-0.4, -0.2) is 41.1 Å². The fourth-order valence-corrected chi connectivity index (χ4v) is 3.04. The molecule has 1 aliphatic heterocycles. The number of nitrogens with zero attached hydrogens (tertiary/aromatic N) is 2. The van der Waals surface area contributed by atoms with Crippen molar-refractivity contribution >= 4 is 18.0 Å². The van der Waals surface area contributed by atoms with Crippen LogP contribution in [0.15, 0.2) is 59.6 Å². The Kier molecular flexibility index (Phi) is 5.44. The van der Waals surface area contributed by atoms with Crippen molar-refractivity contribution in [1.29, 1.82) is 0 Å². The minimum Gasteiger partial charge on any atom is -0.504 e. The second-order valence-corrected chi connectivity index (χ2v) is 6.19. The van der Waals surface area contributed by atoms with E-state index < -0.39 is 5.97 Å². The number of rotatable bonds is 5. The number of aromatic nitrogens is 1. The number of ether oxygens (including phenoxy) is 2. The lowest BCUT2D eigenvalue weighted by Crippen LogP contribution is -2.24. The number of hydrogen-bond donors (Lipinski definition) is 1. The zero-order valence-corrected chi connectivity index (χ0v) is 15.8. The van der Waals surface area contributed by atoms with Gasteiger partial charge in [0.15, 0.2) is 11.5 Å². The number of carbonyl (C=O) groups is 2. The van der Waals surface area contributed by atoms with Crippen LogP contribution in [0.3, 0.4) is 0 Å². The Bertz CT molecular complexity index is 980. The van der Waals surface area contributed by atoms with Gasteiger partial charge in [0.25, 0.3) is 5.91 Å². The first-order valence-corrected chi connectivity index (χ1v) is 8.55. The van der Waals surface area contributed by atoms with Crippen LogP contribution in [0.1, 0.15) is 18.1 Å². The van der Waals surface area contributed by atoms with E-state index in [0.717, 1.165) is 5.56 Å². The maximum Gasteiger partial charge on any atom is 0.340 e. The summed E-state index contributed by atoms with van der Waals surface area (Å²) in [5.74, 6) is -0.641. The quantitative estimate of drug-likeness (QED) is 0.634. The first kappa shape index (κ1) is 19.2. The number of pyridine rings is 1. The number of benzene rings is 1. The molecule has 2 heterocycles. The number of phenols is 1. The number of esters is 1. The van der Waals surface area contributed by atoms with Crippen LogP contribution in [-0.2, 0) is 20.9 Å². The van der Waals surface area contributed by atoms with Crippen molar-refractivity contribution in [3.63, 3.8) is 0 Å². The summed E-state index contributed by atoms with van der Waals surface area (Å²) in [5, 5.41) is 9.76. The number of carbonyl (C=O) groups excluding carboxylic acids is 2. The molecule has 7 heteroatoms. The van der Waals surface area contributed by atoms with E-state index in [1.807, 2.05) is 6.07 Å². The lowest BCUT2D eigenvalue weighted by atomic mass is 10.0. The summed E-state index contributed by atoms with van der Waals surface area (Å²) in [6.07, 6.45) is 4.91. The third kappa shape index (κ3) is 3.59. The fourth-order valence-electron chi connectivity index (χ4n) is 3.04. The molecule has 0 unspecified atom stereocenters. The lowest BCUT2D eigenvalue weighted by Gasteiger charge is -2.17. The van der Waals surface area contributed by atoms with Gasteiger partial charge in [-0.2, -0.15) is 0 Å². The highest BCUT2D eigenvalue weighted by molar-refractivity contribution is 6.16. The van der Waals surface area contributed by atoms with Gasteiger partial charge in [0.2, 0.25) is 0 Å². The standard InChI is InChI=1S/C21H20N2O5/c1-13-19(21(26)28-3)16(9-14-6-7-17(24)18(10-14)27-2)20(25)23(13)12-15-5-4-8-22-11-15/h4-11,24H,12H2,1-3H3/b16-9-. The Balaban J connectivity index is 2.04. The number of methoxy groups -OCH3 is 2. The number of phenolic OH excluding ortho intramolecular Hbond substituents is 1. The Labute approximate surface area is 162 Å². The third-order valence-corrected chi connectivity index (χ3v) is 4.48. The average molecular weight is 380 g/mol. The van der Waals surface area contributed by atoms with Crippen molar-refractivity contribution in [3.05, 3.63) is 70.7 Å². The maximum atomic E-state index is 13.1. The second kappa shape index (κ2) is 7.96. The van der Waals surface area contributed by atoms with Crippen LogP contribution < -0.4 is 4.74 Å². The molecule has 1 amide bonds. The second-order valence-electron chi connectivity index (χ2n) is 6.19. The minimum absolute atomic E-state index is 0.0134. The van der Waals surface area contributed by atoms with Gasteiger partial charge < -0.3 is 19.5 Å². The van der Waals surface area contributed by atoms with Crippen molar-refractivity contribution in [2.24, 2.45) is 0 Å². The van der Waals surface area contributed by atoms with Crippen LogP contribution >= 0.6 is 0 Å². The molecule has 144 valence electrons. The molecule has 0 atom stereocenters. The Morgan fingerprint density at radius 1 is 1.29 bits per heavy atom. The van der Waals surface area contributed by atoms with E-state index in [4.69, 9.17) is 9.47 Å². The van der Waals surface area contributed by atoms with Crippen LogP contribution in [0.5, 0.6) is 11.5 Å². The van der Waals surface area contributed by atoms with Crippen molar-refractivity contribution in [2.75, 3.05) is 14.2 Å². The Morgan fingerprint density at radius 2 is 2.07 bits per heavy atom. The van der Waals surface area contributed by atoms with Gasteiger partial charge >= 0.3 is 5.97 Å². The van der Waals surface area contributed by atoms with Crippen molar-refractivity contribution in [2.45, 2.75) is 13.5 Å². The zero-order valence-electron chi connectivity index (χ0n) is 15.8. The molecule has 1 aromatic carbocycles. The molecule has 0 bridgehead atoms. The summed E-state index contributed by atoms with van der Waals surface area (Å²) >= 11 is 0. The van der Waals surface area contributed by atoms with Gasteiger partial charge in [-0.1, -0.05) is 12.1 Å². The first-order chi connectivity index (χ1) is 13.5. The lowest BCUT2D eigenvalue weighted by molar-refractivity contribution is -0.136. The topological polar surface area (TPSA) is 89.0 Å². The van der Waals surface area contributed by atoms with Gasteiger partial charge in [0.05, 0.1) is 31.9 Å². The molecule has 3 rings (SSSR count). The summed E-state index contributed by atoms with van der Waals surface area (Å²) in [6.45, 7) is 1.99. The van der Waals surface area contributed by atoms with Crippen LogP contribution in [0, 0.1) is 0 Å². The molecular formula is C21H20N2O5. The average Bonchev–Trinajstić information content (AvgIpc) is 2.94. The largest absolute Gasteiger partial charge is 0.504 e. The summed E-state index contributed by atoms with van der Waals surface area (Å²) in [5.41, 5.74) is 2.39. The number of hydrogen-bond acceptors (Lipinski definition) is 6. The molecular weight excluding hydrogens is 360 g/mol. The molecule has 0 fully saturated rings. The van der Waals surface area contributed by atoms with Crippen LogP contribution in [0.4, 0.5) is 0 Å². The van der Waals surface area contributed by atoms with Crippen LogP contribution in [0.25, 0.3) is 6.08 Å². The van der Waals surface area contributed by atoms with E-state index in [2.05, 4.69) is 4.98 Å². The molecule has 0 spiro atoms. The number of aromatic hydroxyl groups is 1. The molecule has 1 N–H and O–H groups in total. The molecule has 7 nitrogen and oxygen atoms in total. The molecule has 0 aliphatic carbocycles. The van der Waals surface area contributed by atoms with E-state index in [1.54, 1.807) is 43.6 Å². The number of amides is 1. The van der Waals surface area contributed by atoms with Crippen LogP contribution in [0.2, 0.25) is 0 Å². The molecule has 0 radical (unpaired) electrons. The van der Waals surface area contributed by atoms with Gasteiger partial charge in [-0.15, -0.1) is 0 Å². The highest BCUT2D eigenvalue weighted by atomic mass is 16.5. The molecule has 1 aliphatic rings. The van der Waals surface area contributed by atoms with Gasteiger partial charge in [-0.25, -0.2) is 4.79 Å². The zero-order chi connectivity index (χ0) is 20.3. The van der Waals surface area contributed by atoms with E-state index in [1.165, 1.54) is 25.2 Å². The predicted molar refractivity (Wildman–Crippen MR) is 102 cm³/mol. The van der Waals surface area contributed by atoms with E-state index in [-0.39, 0.29) is 35.1 Å². The Morgan fingerprint density at radius 3 is 2.71 bits per heavy atom. The smallest absolute Gasteiger partial charge is 0.340 e. The highest BCUT2D eigenvalue weighted by Gasteiger charge is 2.37. The monoisotopic (exact) mass is 380 g/mol. The summed E-state index contributed by atoms with van der Waals surface area (Å²) < 4.78 is 10.00. The molecule has 0 saturated heterocycles. The fraction of sp³-hybridized carbons (Fsp3) is 0.190. The molecule has 0 saturated carbocycles. The maximum absolute atomic E-state index is 13.1. The van der Waals surface area contributed by atoms with Crippen molar-refractivity contribution < 1.29 is 24.2 Å². The predicted octanol–water partition coefficient (Wildman–Crippen LogP) is 2.67. The minimum atomic E-state index is -0.587.